The van der Waals surface area contributed by atoms with E-state index in [4.69, 9.17) is 14.2 Å². The van der Waals surface area contributed by atoms with E-state index in [9.17, 15) is 19.8 Å². The number of methoxy groups -OCH3 is 1. The van der Waals surface area contributed by atoms with E-state index < -0.39 is 40.8 Å². The Morgan fingerprint density at radius 1 is 1.00 bits per heavy atom. The second-order valence-electron chi connectivity index (χ2n) is 12.5. The lowest BCUT2D eigenvalue weighted by molar-refractivity contribution is -0.157. The number of carbonyl (C=O) groups excluding carboxylic acids is 2. The Balaban J connectivity index is 1.46. The minimum Gasteiger partial charge on any atom is -0.495 e. The molecule has 0 spiro atoms. The average molecular weight is 667 g/mol. The van der Waals surface area contributed by atoms with Gasteiger partial charge in [-0.05, 0) is 44.0 Å². The van der Waals surface area contributed by atoms with Crippen LogP contribution < -0.4 is 9.47 Å². The second-order valence-corrected chi connectivity index (χ2v) is 13.4. The first-order valence-electron chi connectivity index (χ1n) is 14.6. The number of hydrogen-bond donors (Lipinski definition) is 2. The Morgan fingerprint density at radius 3 is 2.25 bits per heavy atom. The highest BCUT2D eigenvalue weighted by Gasteiger charge is 2.78. The van der Waals surface area contributed by atoms with Crippen molar-refractivity contribution in [2.24, 2.45) is 5.92 Å². The largest absolute Gasteiger partial charge is 0.495 e. The van der Waals surface area contributed by atoms with Gasteiger partial charge >= 0.3 is 6.09 Å². The lowest BCUT2D eigenvalue weighted by Gasteiger charge is -2.41. The molecule has 2 fully saturated rings. The van der Waals surface area contributed by atoms with Gasteiger partial charge in [-0.3, -0.25) is 9.78 Å². The highest BCUT2D eigenvalue weighted by molar-refractivity contribution is 9.10. The van der Waals surface area contributed by atoms with Crippen LogP contribution in [-0.4, -0.2) is 82.0 Å². The van der Waals surface area contributed by atoms with Crippen LogP contribution in [0.25, 0.3) is 0 Å². The number of aromatic nitrogens is 1. The van der Waals surface area contributed by atoms with Crippen molar-refractivity contribution in [1.29, 1.82) is 0 Å². The fourth-order valence-corrected chi connectivity index (χ4v) is 7.28. The monoisotopic (exact) mass is 665 g/mol. The first kappa shape index (κ1) is 30.4. The molecule has 1 aliphatic carbocycles. The summed E-state index contributed by atoms with van der Waals surface area (Å²) in [5, 5.41) is 25.3. The zero-order chi connectivity index (χ0) is 31.4. The lowest BCUT2D eigenvalue weighted by Crippen LogP contribution is -2.54. The molecular formula is C33H36BrN3O7. The number of halogens is 1. The van der Waals surface area contributed by atoms with Crippen LogP contribution in [0.4, 0.5) is 4.79 Å². The number of ether oxygens (including phenoxy) is 3. The second kappa shape index (κ2) is 11.0. The molecule has 1 saturated carbocycles. The minimum absolute atomic E-state index is 0.244. The van der Waals surface area contributed by atoms with Crippen molar-refractivity contribution in [1.82, 2.24) is 14.8 Å². The molecule has 2 N–H and O–H groups in total. The van der Waals surface area contributed by atoms with Crippen molar-refractivity contribution in [2.45, 2.75) is 49.6 Å². The number of hydrogen-bond acceptors (Lipinski definition) is 8. The van der Waals surface area contributed by atoms with E-state index in [1.54, 1.807) is 9.80 Å². The number of aliphatic hydroxyl groups excluding tert-OH is 1. The molecule has 10 nitrogen and oxygen atoms in total. The highest BCUT2D eigenvalue weighted by Crippen LogP contribution is 2.69. The number of benzene rings is 2. The van der Waals surface area contributed by atoms with Gasteiger partial charge in [-0.25, -0.2) is 4.79 Å². The smallest absolute Gasteiger partial charge is 0.410 e. The van der Waals surface area contributed by atoms with Crippen LogP contribution >= 0.6 is 15.9 Å². The summed E-state index contributed by atoms with van der Waals surface area (Å²) in [5.74, 6) is -1.75. The van der Waals surface area contributed by atoms with Gasteiger partial charge in [-0.1, -0.05) is 58.4 Å². The van der Waals surface area contributed by atoms with E-state index in [1.165, 1.54) is 19.5 Å². The molecule has 232 valence electrons. The van der Waals surface area contributed by atoms with Gasteiger partial charge in [0.15, 0.2) is 11.2 Å². The van der Waals surface area contributed by atoms with E-state index in [-0.39, 0.29) is 49.1 Å². The van der Waals surface area contributed by atoms with Crippen molar-refractivity contribution in [3.05, 3.63) is 88.2 Å². The average Bonchev–Trinajstić information content (AvgIpc) is 3.39. The van der Waals surface area contributed by atoms with Crippen LogP contribution in [0.2, 0.25) is 0 Å². The fraction of sp³-hybridized carbons (Fsp3) is 0.424. The number of amides is 2. The maximum atomic E-state index is 14.6. The number of pyridine rings is 1. The van der Waals surface area contributed by atoms with Gasteiger partial charge in [-0.15, -0.1) is 0 Å². The topological polar surface area (TPSA) is 122 Å². The summed E-state index contributed by atoms with van der Waals surface area (Å²) in [6.07, 6.45) is 0.935. The third kappa shape index (κ3) is 4.64. The standard InChI is InChI=1S/C33H36BrN3O7/c1-31(2,3)44-30(40)37-16-14-36(15-17-37)29(39)25-26(20-8-6-5-7-9-20)33(21-10-12-22(34)13-11-21)32(41,28(25)38)27-23(42-4)18-35-19-24(27)43-33/h5-13,18-19,25-26,28,38,41H,14-17H2,1-4H3/t25-,26-,28?,32+,33+/m1/s1. The molecule has 2 aliphatic heterocycles. The van der Waals surface area contributed by atoms with E-state index in [1.807, 2.05) is 75.4 Å². The summed E-state index contributed by atoms with van der Waals surface area (Å²) in [6, 6.07) is 16.7. The van der Waals surface area contributed by atoms with Crippen molar-refractivity contribution >= 4 is 27.9 Å². The molecule has 11 heteroatoms. The Morgan fingerprint density at radius 2 is 1.64 bits per heavy atom. The molecule has 6 rings (SSSR count). The Hall–Kier alpha value is -3.67. The molecule has 44 heavy (non-hydrogen) atoms. The van der Waals surface area contributed by atoms with Crippen molar-refractivity contribution < 1.29 is 34.0 Å². The third-order valence-corrected chi connectivity index (χ3v) is 9.37. The summed E-state index contributed by atoms with van der Waals surface area (Å²) < 4.78 is 18.8. The lowest BCUT2D eigenvalue weighted by atomic mass is 9.70. The number of fused-ring (bicyclic) bond motifs is 3. The van der Waals surface area contributed by atoms with Crippen LogP contribution in [0.15, 0.2) is 71.5 Å². The molecule has 0 bridgehead atoms. The van der Waals surface area contributed by atoms with E-state index >= 15 is 0 Å². The molecule has 1 saturated heterocycles. The van der Waals surface area contributed by atoms with Crippen LogP contribution in [0, 0.1) is 5.92 Å². The van der Waals surface area contributed by atoms with Crippen LogP contribution in [0.5, 0.6) is 11.5 Å². The maximum absolute atomic E-state index is 14.6. The highest BCUT2D eigenvalue weighted by atomic mass is 79.9. The predicted octanol–water partition coefficient (Wildman–Crippen LogP) is 4.18. The van der Waals surface area contributed by atoms with Gasteiger partial charge in [-0.2, -0.15) is 0 Å². The van der Waals surface area contributed by atoms with Crippen LogP contribution in [0.3, 0.4) is 0 Å². The van der Waals surface area contributed by atoms with Gasteiger partial charge < -0.3 is 34.2 Å². The van der Waals surface area contributed by atoms with Gasteiger partial charge in [0.05, 0.1) is 31.0 Å². The summed E-state index contributed by atoms with van der Waals surface area (Å²) in [5.41, 5.74) is -2.80. The molecular weight excluding hydrogens is 630 g/mol. The molecule has 3 aromatic rings. The van der Waals surface area contributed by atoms with E-state index in [0.717, 1.165) is 10.0 Å². The van der Waals surface area contributed by atoms with E-state index in [0.29, 0.717) is 5.56 Å². The normalized spacial score (nSPS) is 27.8. The Bertz CT molecular complexity index is 1560. The fourth-order valence-electron chi connectivity index (χ4n) is 7.01. The van der Waals surface area contributed by atoms with Gasteiger partial charge in [0.25, 0.3) is 0 Å². The van der Waals surface area contributed by atoms with Gasteiger partial charge in [0.1, 0.15) is 23.2 Å². The molecule has 3 aliphatic rings. The van der Waals surface area contributed by atoms with Gasteiger partial charge in [0, 0.05) is 36.6 Å². The Labute approximate surface area is 264 Å². The summed E-state index contributed by atoms with van der Waals surface area (Å²) in [6.45, 7) is 6.48. The first-order valence-corrected chi connectivity index (χ1v) is 15.4. The summed E-state index contributed by atoms with van der Waals surface area (Å²) in [7, 11) is 1.46. The quantitative estimate of drug-likeness (QED) is 0.426. The zero-order valence-corrected chi connectivity index (χ0v) is 26.7. The molecule has 3 heterocycles. The van der Waals surface area contributed by atoms with E-state index in [2.05, 4.69) is 20.9 Å². The summed E-state index contributed by atoms with van der Waals surface area (Å²) in [4.78, 5) is 34.8. The van der Waals surface area contributed by atoms with Crippen LogP contribution in [0.1, 0.15) is 43.4 Å². The molecule has 1 aromatic heterocycles. The number of carbonyl (C=O) groups is 2. The summed E-state index contributed by atoms with van der Waals surface area (Å²) >= 11 is 3.50. The minimum atomic E-state index is -2.09. The number of rotatable bonds is 4. The molecule has 2 aromatic carbocycles. The molecule has 5 atom stereocenters. The third-order valence-electron chi connectivity index (χ3n) is 8.84. The zero-order valence-electron chi connectivity index (χ0n) is 25.1. The van der Waals surface area contributed by atoms with Crippen molar-refractivity contribution in [3.63, 3.8) is 0 Å². The van der Waals surface area contributed by atoms with Crippen molar-refractivity contribution in [2.75, 3.05) is 33.3 Å². The molecule has 2 amide bonds. The maximum Gasteiger partial charge on any atom is 0.410 e. The van der Waals surface area contributed by atoms with Crippen LogP contribution in [-0.2, 0) is 20.7 Å². The first-order chi connectivity index (χ1) is 20.9. The Kier molecular flexibility index (Phi) is 7.62. The SMILES string of the molecule is COc1cncc2c1[C@]1(O)C(O)[C@H](C(=O)N3CCN(C(=O)OC(C)(C)C)CC3)[C@@H](c3ccccc3)[C@]1(c1ccc(Br)cc1)O2. The number of aliphatic hydroxyl groups is 2. The van der Waals surface area contributed by atoms with Crippen molar-refractivity contribution in [3.8, 4) is 11.5 Å². The molecule has 1 unspecified atom stereocenters. The molecule has 0 radical (unpaired) electrons. The predicted molar refractivity (Wildman–Crippen MR) is 164 cm³/mol. The number of piperazine rings is 1. The van der Waals surface area contributed by atoms with Gasteiger partial charge in [0.2, 0.25) is 5.91 Å². The number of nitrogens with zero attached hydrogens (tertiary/aromatic N) is 3.